The van der Waals surface area contributed by atoms with E-state index in [1.54, 1.807) is 19.2 Å². The molecule has 1 aliphatic rings. The number of nitrogens with one attached hydrogen (secondary N) is 1. The van der Waals surface area contributed by atoms with Gasteiger partial charge in [-0.3, -0.25) is 9.59 Å². The number of rotatable bonds is 4. The van der Waals surface area contributed by atoms with Gasteiger partial charge >= 0.3 is 5.97 Å². The average Bonchev–Trinajstić information content (AvgIpc) is 2.54. The Balaban J connectivity index is 2.04. The summed E-state index contributed by atoms with van der Waals surface area (Å²) in [6.07, 6.45) is 1.74. The molecule has 1 amide bonds. The molecule has 0 aromatic carbocycles. The molecule has 1 saturated heterocycles. The van der Waals surface area contributed by atoms with Crippen LogP contribution in [0.1, 0.15) is 30.3 Å². The fraction of sp³-hybridized carbons (Fsp3) is 0.571. The number of carbonyl (C=O) groups is 2. The Bertz CT molecular complexity index is 503. The van der Waals surface area contributed by atoms with Gasteiger partial charge < -0.3 is 15.0 Å². The number of piperidine rings is 1. The van der Waals surface area contributed by atoms with Gasteiger partial charge in [0.15, 0.2) is 11.5 Å². The second-order valence-electron chi connectivity index (χ2n) is 4.89. The highest BCUT2D eigenvalue weighted by Crippen LogP contribution is 2.22. The first-order valence-electron chi connectivity index (χ1n) is 7.13. The minimum Gasteiger partial charge on any atom is -0.466 e. The monoisotopic (exact) mass is 292 g/mol. The van der Waals surface area contributed by atoms with Crippen LogP contribution in [0, 0.1) is 5.92 Å². The summed E-state index contributed by atoms with van der Waals surface area (Å²) in [5, 5.41) is 10.5. The van der Waals surface area contributed by atoms with E-state index in [9.17, 15) is 9.59 Å². The summed E-state index contributed by atoms with van der Waals surface area (Å²) in [7, 11) is 1.55. The lowest BCUT2D eigenvalue weighted by Crippen LogP contribution is -2.40. The van der Waals surface area contributed by atoms with E-state index in [-0.39, 0.29) is 23.5 Å². The van der Waals surface area contributed by atoms with Crippen molar-refractivity contribution in [1.29, 1.82) is 0 Å². The van der Waals surface area contributed by atoms with Crippen LogP contribution in [0.3, 0.4) is 0 Å². The Labute approximate surface area is 123 Å². The van der Waals surface area contributed by atoms with Gasteiger partial charge in [0, 0.05) is 20.1 Å². The number of esters is 1. The number of hydrogen-bond donors (Lipinski definition) is 1. The smallest absolute Gasteiger partial charge is 0.310 e. The highest BCUT2D eigenvalue weighted by Gasteiger charge is 2.27. The predicted molar refractivity (Wildman–Crippen MR) is 77.0 cm³/mol. The fourth-order valence-corrected chi connectivity index (χ4v) is 2.38. The minimum atomic E-state index is -0.267. The van der Waals surface area contributed by atoms with Crippen LogP contribution >= 0.6 is 0 Å². The van der Waals surface area contributed by atoms with Crippen LogP contribution in [0.25, 0.3) is 0 Å². The van der Waals surface area contributed by atoms with E-state index in [2.05, 4.69) is 15.5 Å². The van der Waals surface area contributed by atoms with E-state index in [0.717, 1.165) is 19.4 Å². The Morgan fingerprint density at radius 1 is 1.43 bits per heavy atom. The van der Waals surface area contributed by atoms with E-state index in [1.165, 1.54) is 0 Å². The lowest BCUT2D eigenvalue weighted by Gasteiger charge is -2.32. The third-order valence-corrected chi connectivity index (χ3v) is 3.48. The summed E-state index contributed by atoms with van der Waals surface area (Å²) in [5.74, 6) is 0.130. The van der Waals surface area contributed by atoms with Crippen LogP contribution in [-0.2, 0) is 9.53 Å². The number of hydrogen-bond acceptors (Lipinski definition) is 6. The van der Waals surface area contributed by atoms with E-state index < -0.39 is 0 Å². The Morgan fingerprint density at radius 3 is 2.86 bits per heavy atom. The Hall–Kier alpha value is -2.18. The molecule has 0 radical (unpaired) electrons. The number of ether oxygens (including phenoxy) is 1. The molecule has 0 aliphatic carbocycles. The van der Waals surface area contributed by atoms with Gasteiger partial charge in [0.2, 0.25) is 0 Å². The van der Waals surface area contributed by atoms with Gasteiger partial charge in [-0.25, -0.2) is 0 Å². The summed E-state index contributed by atoms with van der Waals surface area (Å²) in [5.41, 5.74) is 0.278. The molecule has 1 N–H and O–H groups in total. The first-order valence-corrected chi connectivity index (χ1v) is 7.13. The van der Waals surface area contributed by atoms with Crippen LogP contribution < -0.4 is 10.2 Å². The molecule has 21 heavy (non-hydrogen) atoms. The maximum atomic E-state index is 11.8. The van der Waals surface area contributed by atoms with Crippen molar-refractivity contribution >= 4 is 17.7 Å². The van der Waals surface area contributed by atoms with Crippen LogP contribution in [0.5, 0.6) is 0 Å². The van der Waals surface area contributed by atoms with Crippen molar-refractivity contribution in [3.63, 3.8) is 0 Å². The van der Waals surface area contributed by atoms with Gasteiger partial charge in [-0.05, 0) is 31.9 Å². The van der Waals surface area contributed by atoms with E-state index >= 15 is 0 Å². The van der Waals surface area contributed by atoms with Gasteiger partial charge in [-0.15, -0.1) is 10.2 Å². The highest BCUT2D eigenvalue weighted by molar-refractivity contribution is 5.91. The zero-order valence-electron chi connectivity index (χ0n) is 12.3. The molecule has 0 spiro atoms. The molecular weight excluding hydrogens is 272 g/mol. The highest BCUT2D eigenvalue weighted by atomic mass is 16.5. The molecule has 2 rings (SSSR count). The number of carbonyl (C=O) groups excluding carboxylic acids is 2. The normalized spacial score (nSPS) is 18.2. The van der Waals surface area contributed by atoms with Crippen molar-refractivity contribution < 1.29 is 14.3 Å². The predicted octanol–water partition coefficient (Wildman–Crippen LogP) is 0.616. The third-order valence-electron chi connectivity index (χ3n) is 3.48. The Kier molecular flexibility index (Phi) is 5.08. The van der Waals surface area contributed by atoms with Gasteiger partial charge in [-0.1, -0.05) is 0 Å². The van der Waals surface area contributed by atoms with E-state index in [4.69, 9.17) is 4.74 Å². The molecule has 1 unspecified atom stereocenters. The number of nitrogens with zero attached hydrogens (tertiary/aromatic N) is 3. The minimum absolute atomic E-state index is 0.126. The second-order valence-corrected chi connectivity index (χ2v) is 4.89. The molecule has 0 bridgehead atoms. The molecule has 7 nitrogen and oxygen atoms in total. The number of anilines is 1. The molecule has 1 aromatic rings. The van der Waals surface area contributed by atoms with Gasteiger partial charge in [-0.2, -0.15) is 0 Å². The topological polar surface area (TPSA) is 84.4 Å². The second kappa shape index (κ2) is 7.01. The Morgan fingerprint density at radius 2 is 2.24 bits per heavy atom. The standard InChI is InChI=1S/C14H20N4O3/c1-3-21-14(20)10-5-4-8-18(9-10)12-7-6-11(16-17-12)13(19)15-2/h6-7,10H,3-5,8-9H2,1-2H3,(H,15,19). The van der Waals surface area contributed by atoms with Crippen molar-refractivity contribution in [2.75, 3.05) is 31.6 Å². The molecule has 114 valence electrons. The maximum absolute atomic E-state index is 11.8. The van der Waals surface area contributed by atoms with Crippen LogP contribution in [0.4, 0.5) is 5.82 Å². The van der Waals surface area contributed by atoms with E-state index in [0.29, 0.717) is 19.0 Å². The molecule has 1 aromatic heterocycles. The van der Waals surface area contributed by atoms with Crippen LogP contribution in [-0.4, -0.2) is 48.8 Å². The summed E-state index contributed by atoms with van der Waals surface area (Å²) in [6.45, 7) is 3.61. The summed E-state index contributed by atoms with van der Waals surface area (Å²) in [4.78, 5) is 25.3. The van der Waals surface area contributed by atoms with Crippen LogP contribution in [0.15, 0.2) is 12.1 Å². The largest absolute Gasteiger partial charge is 0.466 e. The zero-order valence-corrected chi connectivity index (χ0v) is 12.3. The van der Waals surface area contributed by atoms with Crippen molar-refractivity contribution in [1.82, 2.24) is 15.5 Å². The molecule has 1 atom stereocenters. The van der Waals surface area contributed by atoms with Gasteiger partial charge in [0.25, 0.3) is 5.91 Å². The lowest BCUT2D eigenvalue weighted by molar-refractivity contribution is -0.148. The first kappa shape index (κ1) is 15.2. The number of aromatic nitrogens is 2. The third kappa shape index (κ3) is 3.68. The van der Waals surface area contributed by atoms with Gasteiger partial charge in [0.05, 0.1) is 12.5 Å². The van der Waals surface area contributed by atoms with Gasteiger partial charge in [0.1, 0.15) is 0 Å². The molecule has 7 heteroatoms. The first-order chi connectivity index (χ1) is 10.2. The zero-order chi connectivity index (χ0) is 15.2. The maximum Gasteiger partial charge on any atom is 0.310 e. The molecule has 1 fully saturated rings. The quantitative estimate of drug-likeness (QED) is 0.819. The van der Waals surface area contributed by atoms with Crippen molar-refractivity contribution in [2.45, 2.75) is 19.8 Å². The van der Waals surface area contributed by atoms with Crippen molar-refractivity contribution in [2.24, 2.45) is 5.92 Å². The summed E-state index contributed by atoms with van der Waals surface area (Å²) >= 11 is 0. The summed E-state index contributed by atoms with van der Waals surface area (Å²) in [6, 6.07) is 3.39. The van der Waals surface area contributed by atoms with Crippen molar-refractivity contribution in [3.8, 4) is 0 Å². The molecule has 1 aliphatic heterocycles. The fourth-order valence-electron chi connectivity index (χ4n) is 2.38. The SMILES string of the molecule is CCOC(=O)C1CCCN(c2ccc(C(=O)NC)nn2)C1. The molecular formula is C14H20N4O3. The molecule has 0 saturated carbocycles. The van der Waals surface area contributed by atoms with Crippen molar-refractivity contribution in [3.05, 3.63) is 17.8 Å². The summed E-state index contributed by atoms with van der Waals surface area (Å²) < 4.78 is 5.08. The average molecular weight is 292 g/mol. The lowest BCUT2D eigenvalue weighted by atomic mass is 9.98. The van der Waals surface area contributed by atoms with Crippen LogP contribution in [0.2, 0.25) is 0 Å². The molecule has 2 heterocycles. The van der Waals surface area contributed by atoms with E-state index in [1.807, 2.05) is 11.8 Å². The number of amides is 1.